The third kappa shape index (κ3) is 5.80. The topological polar surface area (TPSA) is 86.8 Å². The van der Waals surface area contributed by atoms with Crippen molar-refractivity contribution in [2.75, 3.05) is 23.9 Å². The van der Waals surface area contributed by atoms with Gasteiger partial charge in [-0.1, -0.05) is 68.4 Å². The Morgan fingerprint density at radius 2 is 1.65 bits per heavy atom. The minimum absolute atomic E-state index is 0.148. The van der Waals surface area contributed by atoms with Crippen molar-refractivity contribution in [3.8, 4) is 0 Å². The Balaban J connectivity index is 1.45. The number of anilines is 1. The first-order valence-corrected chi connectivity index (χ1v) is 14.3. The molecule has 3 aromatic rings. The second-order valence-electron chi connectivity index (χ2n) is 9.95. The van der Waals surface area contributed by atoms with Gasteiger partial charge in [-0.25, -0.2) is 8.42 Å². The van der Waals surface area contributed by atoms with Gasteiger partial charge in [0.05, 0.1) is 10.6 Å². The normalized spacial score (nSPS) is 14.6. The second-order valence-corrected chi connectivity index (χ2v) is 11.8. The zero-order chi connectivity index (χ0) is 26.6. The number of amides is 2. The van der Waals surface area contributed by atoms with Crippen LogP contribution in [0.2, 0.25) is 0 Å². The average molecular weight is 522 g/mol. The average Bonchev–Trinajstić information content (AvgIpc) is 3.11. The molecule has 1 heterocycles. The third-order valence-electron chi connectivity index (χ3n) is 6.77. The molecule has 0 aliphatic carbocycles. The van der Waals surface area contributed by atoms with E-state index in [4.69, 9.17) is 0 Å². The predicted molar refractivity (Wildman–Crippen MR) is 147 cm³/mol. The van der Waals surface area contributed by atoms with Crippen molar-refractivity contribution in [1.29, 1.82) is 0 Å². The number of rotatable bonds is 11. The Bertz CT molecular complexity index is 1370. The SMILES string of the molecule is CC(C)CNC(=O)[C@@H](C)N(CCc1ccccc1)C(=O)CCCN1c2cccc3cccc(c23)S1(=O)=O. The highest BCUT2D eigenvalue weighted by Gasteiger charge is 2.35. The van der Waals surface area contributed by atoms with Gasteiger partial charge in [0.1, 0.15) is 6.04 Å². The lowest BCUT2D eigenvalue weighted by Crippen LogP contribution is -2.49. The van der Waals surface area contributed by atoms with E-state index in [1.54, 1.807) is 24.0 Å². The van der Waals surface area contributed by atoms with E-state index in [2.05, 4.69) is 5.32 Å². The minimum Gasteiger partial charge on any atom is -0.354 e. The fraction of sp³-hybridized carbons (Fsp3) is 0.379. The van der Waals surface area contributed by atoms with E-state index in [0.717, 1.165) is 16.3 Å². The van der Waals surface area contributed by atoms with Crippen LogP contribution in [0.25, 0.3) is 10.8 Å². The van der Waals surface area contributed by atoms with Crippen molar-refractivity contribution >= 4 is 38.3 Å². The van der Waals surface area contributed by atoms with Gasteiger partial charge in [-0.15, -0.1) is 0 Å². The summed E-state index contributed by atoms with van der Waals surface area (Å²) in [6.07, 6.45) is 1.13. The molecule has 0 unspecified atom stereocenters. The number of hydrogen-bond acceptors (Lipinski definition) is 4. The first kappa shape index (κ1) is 26.7. The van der Waals surface area contributed by atoms with E-state index in [1.807, 2.05) is 68.4 Å². The van der Waals surface area contributed by atoms with Crippen LogP contribution in [0, 0.1) is 5.92 Å². The molecule has 1 N–H and O–H groups in total. The van der Waals surface area contributed by atoms with Crippen molar-refractivity contribution in [3.05, 3.63) is 72.3 Å². The van der Waals surface area contributed by atoms with Gasteiger partial charge >= 0.3 is 0 Å². The summed E-state index contributed by atoms with van der Waals surface area (Å²) in [5.41, 5.74) is 1.74. The Kier molecular flexibility index (Phi) is 8.17. The van der Waals surface area contributed by atoms with Crippen LogP contribution in [0.5, 0.6) is 0 Å². The molecule has 1 aliphatic rings. The molecule has 196 valence electrons. The Hall–Kier alpha value is -3.39. The number of benzene rings is 3. The number of hydrogen-bond donors (Lipinski definition) is 1. The molecule has 0 fully saturated rings. The summed E-state index contributed by atoms with van der Waals surface area (Å²) in [7, 11) is -3.66. The molecule has 0 bridgehead atoms. The van der Waals surface area contributed by atoms with E-state index in [1.165, 1.54) is 4.31 Å². The molecule has 0 saturated carbocycles. The molecule has 0 radical (unpaired) electrons. The van der Waals surface area contributed by atoms with Gasteiger partial charge < -0.3 is 10.2 Å². The maximum atomic E-state index is 13.4. The summed E-state index contributed by atoms with van der Waals surface area (Å²) in [5.74, 6) is -0.0320. The fourth-order valence-corrected chi connectivity index (χ4v) is 6.49. The smallest absolute Gasteiger partial charge is 0.265 e. The van der Waals surface area contributed by atoms with Crippen LogP contribution in [0.1, 0.15) is 39.2 Å². The summed E-state index contributed by atoms with van der Waals surface area (Å²) in [5, 5.41) is 4.54. The number of carbonyl (C=O) groups is 2. The molecule has 0 aromatic heterocycles. The van der Waals surface area contributed by atoms with Crippen molar-refractivity contribution < 1.29 is 18.0 Å². The molecule has 1 atom stereocenters. The van der Waals surface area contributed by atoms with Crippen LogP contribution >= 0.6 is 0 Å². The summed E-state index contributed by atoms with van der Waals surface area (Å²) in [6, 6.07) is 20.1. The summed E-state index contributed by atoms with van der Waals surface area (Å²) in [6.45, 7) is 6.95. The highest BCUT2D eigenvalue weighted by Crippen LogP contribution is 2.42. The van der Waals surface area contributed by atoms with Crippen molar-refractivity contribution in [2.45, 2.75) is 51.0 Å². The van der Waals surface area contributed by atoms with Crippen molar-refractivity contribution in [2.24, 2.45) is 5.92 Å². The maximum Gasteiger partial charge on any atom is 0.265 e. The van der Waals surface area contributed by atoms with Gasteiger partial charge in [0.15, 0.2) is 0 Å². The summed E-state index contributed by atoms with van der Waals surface area (Å²) < 4.78 is 27.9. The molecule has 4 rings (SSSR count). The standard InChI is InChI=1S/C29H35N3O4S/c1-21(2)20-30-29(34)22(3)31(19-17-23-10-5-4-6-11-23)27(33)16-9-18-32-25-14-7-12-24-13-8-15-26(28(24)25)37(32,35)36/h4-8,10-15,21-22H,9,16-20H2,1-3H3,(H,30,34)/t22-/m1/s1. The van der Waals surface area contributed by atoms with Gasteiger partial charge in [0.2, 0.25) is 11.8 Å². The zero-order valence-electron chi connectivity index (χ0n) is 21.7. The van der Waals surface area contributed by atoms with Gasteiger partial charge in [-0.05, 0) is 48.8 Å². The molecule has 1 aliphatic heterocycles. The molecule has 7 nitrogen and oxygen atoms in total. The first-order chi connectivity index (χ1) is 17.7. The largest absolute Gasteiger partial charge is 0.354 e. The van der Waals surface area contributed by atoms with Crippen LogP contribution in [0.3, 0.4) is 0 Å². The molecule has 0 saturated heterocycles. The van der Waals surface area contributed by atoms with E-state index in [9.17, 15) is 18.0 Å². The maximum absolute atomic E-state index is 13.4. The highest BCUT2D eigenvalue weighted by molar-refractivity contribution is 7.93. The van der Waals surface area contributed by atoms with Crippen LogP contribution in [-0.2, 0) is 26.0 Å². The number of nitrogens with zero attached hydrogens (tertiary/aromatic N) is 2. The number of carbonyl (C=O) groups excluding carboxylic acids is 2. The molecule has 0 spiro atoms. The van der Waals surface area contributed by atoms with Crippen LogP contribution in [0.4, 0.5) is 5.69 Å². The lowest BCUT2D eigenvalue weighted by molar-refractivity contribution is -0.140. The lowest BCUT2D eigenvalue weighted by Gasteiger charge is -2.29. The van der Waals surface area contributed by atoms with Crippen LogP contribution in [-0.4, -0.2) is 50.8 Å². The van der Waals surface area contributed by atoms with E-state index >= 15 is 0 Å². The van der Waals surface area contributed by atoms with Crippen LogP contribution in [0.15, 0.2) is 71.6 Å². The molecule has 37 heavy (non-hydrogen) atoms. The van der Waals surface area contributed by atoms with Gasteiger partial charge in [0.25, 0.3) is 10.0 Å². The van der Waals surface area contributed by atoms with E-state index in [0.29, 0.717) is 42.4 Å². The summed E-state index contributed by atoms with van der Waals surface area (Å²) >= 11 is 0. The molecule has 2 amide bonds. The number of sulfonamides is 1. The third-order valence-corrected chi connectivity index (χ3v) is 8.62. The van der Waals surface area contributed by atoms with Gasteiger partial charge in [0, 0.05) is 31.4 Å². The van der Waals surface area contributed by atoms with E-state index in [-0.39, 0.29) is 24.8 Å². The van der Waals surface area contributed by atoms with Crippen LogP contribution < -0.4 is 9.62 Å². The van der Waals surface area contributed by atoms with Crippen molar-refractivity contribution in [3.63, 3.8) is 0 Å². The molecular formula is C29H35N3O4S. The number of nitrogens with one attached hydrogen (secondary N) is 1. The summed E-state index contributed by atoms with van der Waals surface area (Å²) in [4.78, 5) is 28.1. The predicted octanol–water partition coefficient (Wildman–Crippen LogP) is 4.36. The second kappa shape index (κ2) is 11.3. The highest BCUT2D eigenvalue weighted by atomic mass is 32.2. The monoisotopic (exact) mass is 521 g/mol. The van der Waals surface area contributed by atoms with Crippen molar-refractivity contribution in [1.82, 2.24) is 10.2 Å². The van der Waals surface area contributed by atoms with E-state index < -0.39 is 16.1 Å². The molecular weight excluding hydrogens is 486 g/mol. The first-order valence-electron chi connectivity index (χ1n) is 12.9. The molecule has 3 aromatic carbocycles. The quantitative estimate of drug-likeness (QED) is 0.406. The lowest BCUT2D eigenvalue weighted by atomic mass is 10.1. The minimum atomic E-state index is -3.66. The Morgan fingerprint density at radius 1 is 0.946 bits per heavy atom. The Labute approximate surface area is 219 Å². The Morgan fingerprint density at radius 3 is 2.35 bits per heavy atom. The van der Waals surface area contributed by atoms with Gasteiger partial charge in [-0.2, -0.15) is 0 Å². The van der Waals surface area contributed by atoms with Gasteiger partial charge in [-0.3, -0.25) is 13.9 Å². The zero-order valence-corrected chi connectivity index (χ0v) is 22.5. The fourth-order valence-electron chi connectivity index (χ4n) is 4.74. The molecule has 8 heteroatoms.